The van der Waals surface area contributed by atoms with Gasteiger partial charge in [0.15, 0.2) is 0 Å². The lowest BCUT2D eigenvalue weighted by Crippen LogP contribution is -2.56. The number of rotatable bonds is 2. The predicted molar refractivity (Wildman–Crippen MR) is 111 cm³/mol. The fraction of sp³-hybridized carbons (Fsp3) is 0.500. The van der Waals surface area contributed by atoms with E-state index in [0.29, 0.717) is 5.91 Å². The van der Waals surface area contributed by atoms with E-state index in [4.69, 9.17) is 0 Å². The first-order chi connectivity index (χ1) is 14.1. The van der Waals surface area contributed by atoms with Crippen LogP contribution in [0.1, 0.15) is 61.3 Å². The molecule has 1 aliphatic heterocycles. The van der Waals surface area contributed by atoms with Crippen LogP contribution in [0.3, 0.4) is 0 Å². The van der Waals surface area contributed by atoms with Crippen LogP contribution in [0.2, 0.25) is 0 Å². The quantitative estimate of drug-likeness (QED) is 0.663. The average Bonchev–Trinajstić information content (AvgIpc) is 2.72. The molecule has 1 atom stereocenters. The third kappa shape index (κ3) is 2.77. The van der Waals surface area contributed by atoms with Gasteiger partial charge in [0.05, 0.1) is 11.5 Å². The minimum Gasteiger partial charge on any atom is -0.331 e. The molecule has 0 saturated heterocycles. The van der Waals surface area contributed by atoms with Gasteiger partial charge in [-0.1, -0.05) is 36.4 Å². The summed E-state index contributed by atoms with van der Waals surface area (Å²) in [6, 6.07) is 15.2. The number of benzene rings is 2. The summed E-state index contributed by atoms with van der Waals surface area (Å²) in [7, 11) is 0. The highest BCUT2D eigenvalue weighted by atomic mass is 19.1. The molecule has 4 bridgehead atoms. The minimum atomic E-state index is -0.225. The Morgan fingerprint density at radius 2 is 1.52 bits per heavy atom. The van der Waals surface area contributed by atoms with Gasteiger partial charge in [-0.15, -0.1) is 0 Å². The van der Waals surface area contributed by atoms with Crippen LogP contribution in [0.15, 0.2) is 48.5 Å². The Labute approximate surface area is 172 Å². The van der Waals surface area contributed by atoms with Crippen LogP contribution < -0.4 is 0 Å². The zero-order chi connectivity index (χ0) is 19.6. The molecule has 0 spiro atoms. The Kier molecular flexibility index (Phi) is 3.91. The molecule has 3 heteroatoms. The molecule has 2 aromatic rings. The minimum absolute atomic E-state index is 0.0962. The molecule has 0 aromatic heterocycles. The molecule has 0 radical (unpaired) electrons. The SMILES string of the molecule is O=C(N1CCc2ccccc2[C@H]1c1ccc(F)cc1)C12CC3CC(CC(C3)C1)C2. The summed E-state index contributed by atoms with van der Waals surface area (Å²) in [5, 5.41) is 0. The maximum absolute atomic E-state index is 14.2. The van der Waals surface area contributed by atoms with Crippen molar-refractivity contribution in [3.05, 3.63) is 71.0 Å². The Bertz CT molecular complexity index is 914. The van der Waals surface area contributed by atoms with Crippen molar-refractivity contribution in [2.45, 2.75) is 51.0 Å². The van der Waals surface area contributed by atoms with E-state index in [1.165, 1.54) is 42.5 Å². The van der Waals surface area contributed by atoms with Crippen molar-refractivity contribution in [2.75, 3.05) is 6.54 Å². The van der Waals surface area contributed by atoms with Gasteiger partial charge in [0.25, 0.3) is 0 Å². The van der Waals surface area contributed by atoms with Gasteiger partial charge in [0, 0.05) is 6.54 Å². The van der Waals surface area contributed by atoms with E-state index >= 15 is 0 Å². The average molecular weight is 390 g/mol. The molecule has 4 saturated carbocycles. The molecular weight excluding hydrogens is 361 g/mol. The normalized spacial score (nSPS) is 34.9. The summed E-state index contributed by atoms with van der Waals surface area (Å²) in [4.78, 5) is 16.3. The van der Waals surface area contributed by atoms with Crippen molar-refractivity contribution in [3.8, 4) is 0 Å². The fourth-order valence-corrected chi connectivity index (χ4v) is 7.47. The molecule has 1 amide bonds. The number of hydrogen-bond donors (Lipinski definition) is 0. The molecule has 7 rings (SSSR count). The summed E-state index contributed by atoms with van der Waals surface area (Å²) in [6.45, 7) is 0.764. The third-order valence-electron chi connectivity index (χ3n) is 8.22. The molecule has 0 N–H and O–H groups in total. The van der Waals surface area contributed by atoms with Crippen LogP contribution in [0, 0.1) is 29.0 Å². The Hall–Kier alpha value is -2.16. The second kappa shape index (κ2) is 6.42. The van der Waals surface area contributed by atoms with E-state index in [0.717, 1.165) is 55.5 Å². The van der Waals surface area contributed by atoms with Crippen molar-refractivity contribution in [1.29, 1.82) is 0 Å². The monoisotopic (exact) mass is 389 g/mol. The standard InChI is InChI=1S/C26H28FNO/c27-22-7-5-21(6-8-22)24-23-4-2-1-3-20(23)9-10-28(24)25(29)26-14-17-11-18(15-26)13-19(12-17)16-26/h1-8,17-19,24H,9-16H2/t17?,18?,19?,24-,26?/m1/s1. The summed E-state index contributed by atoms with van der Waals surface area (Å²) in [5.74, 6) is 2.42. The smallest absolute Gasteiger partial charge is 0.229 e. The number of hydrogen-bond acceptors (Lipinski definition) is 1. The van der Waals surface area contributed by atoms with Crippen molar-refractivity contribution < 1.29 is 9.18 Å². The highest BCUT2D eigenvalue weighted by molar-refractivity contribution is 5.84. The zero-order valence-electron chi connectivity index (χ0n) is 16.8. The van der Waals surface area contributed by atoms with Gasteiger partial charge in [-0.05, 0) is 91.5 Å². The van der Waals surface area contributed by atoms with Gasteiger partial charge in [0.2, 0.25) is 5.91 Å². The first-order valence-corrected chi connectivity index (χ1v) is 11.3. The molecule has 0 unspecified atom stereocenters. The van der Waals surface area contributed by atoms with E-state index in [9.17, 15) is 9.18 Å². The topological polar surface area (TPSA) is 20.3 Å². The lowest BCUT2D eigenvalue weighted by molar-refractivity contribution is -0.159. The number of amides is 1. The van der Waals surface area contributed by atoms with Crippen LogP contribution in [0.4, 0.5) is 4.39 Å². The summed E-state index contributed by atoms with van der Waals surface area (Å²) in [5.41, 5.74) is 3.41. The van der Waals surface area contributed by atoms with Gasteiger partial charge in [-0.2, -0.15) is 0 Å². The van der Waals surface area contributed by atoms with Gasteiger partial charge < -0.3 is 4.90 Å². The molecular formula is C26H28FNO. The van der Waals surface area contributed by atoms with E-state index in [-0.39, 0.29) is 17.3 Å². The lowest BCUT2D eigenvalue weighted by atomic mass is 9.49. The van der Waals surface area contributed by atoms with Gasteiger partial charge in [0.1, 0.15) is 5.82 Å². The largest absolute Gasteiger partial charge is 0.331 e. The van der Waals surface area contributed by atoms with Crippen LogP contribution >= 0.6 is 0 Å². The molecule has 5 aliphatic rings. The van der Waals surface area contributed by atoms with Crippen LogP contribution in [0.25, 0.3) is 0 Å². The van der Waals surface area contributed by atoms with Gasteiger partial charge >= 0.3 is 0 Å². The lowest BCUT2D eigenvalue weighted by Gasteiger charge is -2.57. The number of nitrogens with zero attached hydrogens (tertiary/aromatic N) is 1. The molecule has 4 aliphatic carbocycles. The van der Waals surface area contributed by atoms with Crippen LogP contribution in [-0.4, -0.2) is 17.4 Å². The molecule has 1 heterocycles. The number of halogens is 1. The van der Waals surface area contributed by atoms with Crippen molar-refractivity contribution >= 4 is 5.91 Å². The third-order valence-corrected chi connectivity index (χ3v) is 8.22. The second-order valence-corrected chi connectivity index (χ2v) is 10.1. The van der Waals surface area contributed by atoms with E-state index in [1.54, 1.807) is 0 Å². The van der Waals surface area contributed by atoms with Gasteiger partial charge in [-0.3, -0.25) is 4.79 Å². The Morgan fingerprint density at radius 3 is 2.17 bits per heavy atom. The summed E-state index contributed by atoms with van der Waals surface area (Å²) in [6.07, 6.45) is 8.21. The van der Waals surface area contributed by atoms with Crippen molar-refractivity contribution in [1.82, 2.24) is 4.90 Å². The number of carbonyl (C=O) groups excluding carboxylic acids is 1. The second-order valence-electron chi connectivity index (χ2n) is 10.1. The highest BCUT2D eigenvalue weighted by Crippen LogP contribution is 2.61. The molecule has 2 nitrogen and oxygen atoms in total. The number of carbonyl (C=O) groups is 1. The Balaban J connectivity index is 1.41. The van der Waals surface area contributed by atoms with Crippen molar-refractivity contribution in [2.24, 2.45) is 23.2 Å². The molecule has 150 valence electrons. The maximum Gasteiger partial charge on any atom is 0.229 e. The predicted octanol–water partition coefficient (Wildman–Crippen LogP) is 5.52. The van der Waals surface area contributed by atoms with E-state index in [2.05, 4.69) is 29.2 Å². The molecule has 29 heavy (non-hydrogen) atoms. The zero-order valence-corrected chi connectivity index (χ0v) is 16.8. The number of fused-ring (bicyclic) bond motifs is 1. The van der Waals surface area contributed by atoms with Gasteiger partial charge in [-0.25, -0.2) is 4.39 Å². The van der Waals surface area contributed by atoms with E-state index < -0.39 is 0 Å². The van der Waals surface area contributed by atoms with Crippen LogP contribution in [-0.2, 0) is 11.2 Å². The maximum atomic E-state index is 14.2. The summed E-state index contributed by atoms with van der Waals surface area (Å²) >= 11 is 0. The Morgan fingerprint density at radius 1 is 0.897 bits per heavy atom. The van der Waals surface area contributed by atoms with Crippen LogP contribution in [0.5, 0.6) is 0 Å². The van der Waals surface area contributed by atoms with E-state index in [1.807, 2.05) is 12.1 Å². The first kappa shape index (κ1) is 17.7. The molecule has 4 fully saturated rings. The molecule has 2 aromatic carbocycles. The first-order valence-electron chi connectivity index (χ1n) is 11.3. The fourth-order valence-electron chi connectivity index (χ4n) is 7.47. The highest BCUT2D eigenvalue weighted by Gasteiger charge is 2.56. The summed E-state index contributed by atoms with van der Waals surface area (Å²) < 4.78 is 13.6. The van der Waals surface area contributed by atoms with Crippen molar-refractivity contribution in [3.63, 3.8) is 0 Å².